The van der Waals surface area contributed by atoms with Crippen molar-refractivity contribution in [1.82, 2.24) is 10.6 Å². The average Bonchev–Trinajstić information content (AvgIpc) is 3.06. The summed E-state index contributed by atoms with van der Waals surface area (Å²) in [6, 6.07) is 8.89. The number of carbonyl (C=O) groups excluding carboxylic acids is 1. The Kier molecular flexibility index (Phi) is 9.08. The highest BCUT2D eigenvalue weighted by Crippen LogP contribution is 2.50. The molecule has 0 aromatic heterocycles. The monoisotopic (exact) mass is 539 g/mol. The van der Waals surface area contributed by atoms with Gasteiger partial charge in [0.15, 0.2) is 0 Å². The molecule has 0 bridgehead atoms. The van der Waals surface area contributed by atoms with Crippen LogP contribution in [0.2, 0.25) is 10.0 Å². The van der Waals surface area contributed by atoms with E-state index in [9.17, 15) is 9.90 Å². The minimum Gasteiger partial charge on any atom is -0.394 e. The molecule has 1 aliphatic heterocycles. The molecule has 5 atom stereocenters. The summed E-state index contributed by atoms with van der Waals surface area (Å²) in [4.78, 5) is 13.5. The Hall–Kier alpha value is -1.74. The van der Waals surface area contributed by atoms with Crippen LogP contribution in [0.4, 0.5) is 4.39 Å². The minimum atomic E-state index is -1.18. The molecule has 9 heteroatoms. The van der Waals surface area contributed by atoms with Gasteiger partial charge in [0, 0.05) is 23.5 Å². The number of nitrogens with one attached hydrogen (secondary N) is 2. The first-order valence-corrected chi connectivity index (χ1v) is 12.9. The number of amides is 1. The maximum Gasteiger partial charge on any atom is 0.237 e. The largest absolute Gasteiger partial charge is 0.394 e. The fourth-order valence-corrected chi connectivity index (χ4v) is 5.65. The Balaban J connectivity index is 2.17. The summed E-state index contributed by atoms with van der Waals surface area (Å²) in [5.41, 5.74) is 7.85. The topological polar surface area (TPSA) is 108 Å². The maximum absolute atomic E-state index is 15.6. The number of hydrogen-bond donors (Lipinski definition) is 5. The predicted octanol–water partition coefficient (Wildman–Crippen LogP) is 4.01. The van der Waals surface area contributed by atoms with Crippen LogP contribution >= 0.6 is 23.2 Å². The Morgan fingerprint density at radius 2 is 1.97 bits per heavy atom. The van der Waals surface area contributed by atoms with E-state index in [1.807, 2.05) is 19.1 Å². The molecule has 2 aromatic rings. The van der Waals surface area contributed by atoms with E-state index in [-0.39, 0.29) is 40.9 Å². The Morgan fingerprint density at radius 3 is 2.58 bits per heavy atom. The van der Waals surface area contributed by atoms with Crippen molar-refractivity contribution in [2.75, 3.05) is 13.2 Å². The second kappa shape index (κ2) is 11.3. The molecule has 3 rings (SSSR count). The lowest BCUT2D eigenvalue weighted by atomic mass is 9.67. The van der Waals surface area contributed by atoms with E-state index in [2.05, 4.69) is 31.4 Å². The van der Waals surface area contributed by atoms with Gasteiger partial charge in [0.05, 0.1) is 29.3 Å². The van der Waals surface area contributed by atoms with Gasteiger partial charge >= 0.3 is 0 Å². The van der Waals surface area contributed by atoms with Crippen LogP contribution in [0.1, 0.15) is 56.2 Å². The van der Waals surface area contributed by atoms with Crippen LogP contribution in [0, 0.1) is 18.2 Å². The second-order valence-electron chi connectivity index (χ2n) is 10.9. The molecular weight excluding hydrogens is 504 g/mol. The highest BCUT2D eigenvalue weighted by atomic mass is 35.5. The van der Waals surface area contributed by atoms with Gasteiger partial charge in [0.1, 0.15) is 5.82 Å². The molecule has 2 aromatic carbocycles. The Morgan fingerprint density at radius 1 is 1.28 bits per heavy atom. The summed E-state index contributed by atoms with van der Waals surface area (Å²) >= 11 is 12.4. The summed E-state index contributed by atoms with van der Waals surface area (Å²) in [6.45, 7) is 7.90. The molecule has 1 heterocycles. The van der Waals surface area contributed by atoms with E-state index in [4.69, 9.17) is 34.0 Å². The molecule has 36 heavy (non-hydrogen) atoms. The van der Waals surface area contributed by atoms with Crippen LogP contribution in [0.15, 0.2) is 36.4 Å². The van der Waals surface area contributed by atoms with Crippen molar-refractivity contribution < 1.29 is 19.4 Å². The maximum atomic E-state index is 15.6. The molecule has 1 saturated heterocycles. The van der Waals surface area contributed by atoms with Crippen molar-refractivity contribution in [2.45, 2.75) is 70.2 Å². The number of aliphatic hydroxyl groups excluding tert-OH is 2. The number of benzene rings is 2. The van der Waals surface area contributed by atoms with Crippen molar-refractivity contribution in [2.24, 2.45) is 11.1 Å². The van der Waals surface area contributed by atoms with Gasteiger partial charge in [-0.25, -0.2) is 4.39 Å². The van der Waals surface area contributed by atoms with Crippen LogP contribution < -0.4 is 16.4 Å². The van der Waals surface area contributed by atoms with Gasteiger partial charge in [-0.15, -0.1) is 0 Å². The number of aliphatic hydroxyl groups is 2. The van der Waals surface area contributed by atoms with Gasteiger partial charge in [-0.2, -0.15) is 0 Å². The molecule has 198 valence electrons. The number of carbonyl (C=O) groups is 1. The van der Waals surface area contributed by atoms with Crippen molar-refractivity contribution >= 4 is 29.1 Å². The van der Waals surface area contributed by atoms with Crippen molar-refractivity contribution in [1.29, 1.82) is 0 Å². The molecule has 0 radical (unpaired) electrons. The first kappa shape index (κ1) is 28.8. The highest BCUT2D eigenvalue weighted by molar-refractivity contribution is 6.31. The third-order valence-corrected chi connectivity index (χ3v) is 7.39. The van der Waals surface area contributed by atoms with Gasteiger partial charge in [-0.05, 0) is 60.1 Å². The fraction of sp³-hybridized carbons (Fsp3) is 0.519. The molecule has 0 spiro atoms. The molecule has 6 nitrogen and oxygen atoms in total. The van der Waals surface area contributed by atoms with Gasteiger partial charge in [0.25, 0.3) is 0 Å². The Bertz CT molecular complexity index is 1090. The standard InChI is InChI=1S/C27H36Cl2FN3O3/c1-15-12-16(28)8-9-19(15)27(31)21(13-26(2,3)4)33-24(25(36)32-11-10-17(35)14-34)22(27)18-6-5-7-20(29)23(18)30/h5-9,12,17,21-22,24,33-35H,10-11,13-14,31H2,1-4H3,(H,32,36)/t17-,21-,22-,24+,27+/m0/s1. The van der Waals surface area contributed by atoms with Crippen LogP contribution in [0.3, 0.4) is 0 Å². The zero-order chi connectivity index (χ0) is 26.8. The zero-order valence-electron chi connectivity index (χ0n) is 21.1. The number of nitrogens with two attached hydrogens (primary N) is 1. The average molecular weight is 541 g/mol. The third kappa shape index (κ3) is 6.04. The molecule has 1 aliphatic rings. The first-order chi connectivity index (χ1) is 16.8. The lowest BCUT2D eigenvalue weighted by Gasteiger charge is -2.40. The second-order valence-corrected chi connectivity index (χ2v) is 11.7. The zero-order valence-corrected chi connectivity index (χ0v) is 22.6. The lowest BCUT2D eigenvalue weighted by Crippen LogP contribution is -2.52. The minimum absolute atomic E-state index is 0.0489. The van der Waals surface area contributed by atoms with Crippen LogP contribution in [-0.4, -0.2) is 47.5 Å². The number of aryl methyl sites for hydroxylation is 1. The Labute approximate surface area is 222 Å². The van der Waals surface area contributed by atoms with Gasteiger partial charge in [-0.3, -0.25) is 4.79 Å². The summed E-state index contributed by atoms with van der Waals surface area (Å²) < 4.78 is 15.6. The quantitative estimate of drug-likeness (QED) is 0.348. The summed E-state index contributed by atoms with van der Waals surface area (Å²) in [6.07, 6.45) is -0.153. The molecule has 0 saturated carbocycles. The van der Waals surface area contributed by atoms with Crippen molar-refractivity contribution in [3.05, 3.63) is 69.0 Å². The van der Waals surface area contributed by atoms with Crippen molar-refractivity contribution in [3.8, 4) is 0 Å². The number of hydrogen-bond acceptors (Lipinski definition) is 5. The summed E-state index contributed by atoms with van der Waals surface area (Å²) in [5.74, 6) is -1.79. The van der Waals surface area contributed by atoms with Gasteiger partial charge in [0.2, 0.25) is 5.91 Å². The summed E-state index contributed by atoms with van der Waals surface area (Å²) in [7, 11) is 0. The molecule has 0 aliphatic carbocycles. The van der Waals surface area contributed by atoms with E-state index in [0.29, 0.717) is 11.4 Å². The van der Waals surface area contributed by atoms with Crippen LogP contribution in [-0.2, 0) is 10.3 Å². The van der Waals surface area contributed by atoms with E-state index in [1.54, 1.807) is 18.2 Å². The SMILES string of the molecule is Cc1cc(Cl)ccc1[C@@]1(N)[C@H](CC(C)(C)C)N[C@@H](C(=O)NCC[C@H](O)CO)[C@@H]1c1cccc(Cl)c1F. The van der Waals surface area contributed by atoms with E-state index >= 15 is 4.39 Å². The molecular formula is C27H36Cl2FN3O3. The van der Waals surface area contributed by atoms with E-state index < -0.39 is 36.0 Å². The number of rotatable bonds is 8. The predicted molar refractivity (Wildman–Crippen MR) is 142 cm³/mol. The molecule has 1 amide bonds. The fourth-order valence-electron chi connectivity index (χ4n) is 5.24. The lowest BCUT2D eigenvalue weighted by molar-refractivity contribution is -0.123. The van der Waals surface area contributed by atoms with Gasteiger partial charge < -0.3 is 26.6 Å². The van der Waals surface area contributed by atoms with E-state index in [1.165, 1.54) is 6.07 Å². The van der Waals surface area contributed by atoms with Gasteiger partial charge in [-0.1, -0.05) is 62.2 Å². The smallest absolute Gasteiger partial charge is 0.237 e. The van der Waals surface area contributed by atoms with Crippen LogP contribution in [0.25, 0.3) is 0 Å². The third-order valence-electron chi connectivity index (χ3n) is 6.86. The number of halogens is 3. The summed E-state index contributed by atoms with van der Waals surface area (Å²) in [5, 5.41) is 25.5. The van der Waals surface area contributed by atoms with Crippen molar-refractivity contribution in [3.63, 3.8) is 0 Å². The van der Waals surface area contributed by atoms with Crippen LogP contribution in [0.5, 0.6) is 0 Å². The molecule has 0 unspecified atom stereocenters. The normalized spacial score (nSPS) is 25.1. The highest BCUT2D eigenvalue weighted by Gasteiger charge is 2.57. The molecule has 1 fully saturated rings. The molecule has 6 N–H and O–H groups in total. The first-order valence-electron chi connectivity index (χ1n) is 12.1. The van der Waals surface area contributed by atoms with E-state index in [0.717, 1.165) is 11.1 Å².